The fourth-order valence-electron chi connectivity index (χ4n) is 2.48. The van der Waals surface area contributed by atoms with Gasteiger partial charge in [-0.15, -0.1) is 0 Å². The summed E-state index contributed by atoms with van der Waals surface area (Å²) in [4.78, 5) is 37.2. The first-order valence-corrected chi connectivity index (χ1v) is 7.22. The number of carbonyl (C=O) groups is 3. The second kappa shape index (κ2) is 6.04. The maximum atomic E-state index is 12.1. The first-order valence-electron chi connectivity index (χ1n) is 7.22. The Balaban J connectivity index is 1.69. The van der Waals surface area contributed by atoms with E-state index in [0.717, 1.165) is 11.1 Å². The molecule has 5 nitrogen and oxygen atoms in total. The molecule has 0 fully saturated rings. The van der Waals surface area contributed by atoms with Crippen molar-refractivity contribution in [1.82, 2.24) is 0 Å². The Hall–Kier alpha value is -2.95. The number of benzene rings is 2. The van der Waals surface area contributed by atoms with E-state index in [2.05, 4.69) is 0 Å². The van der Waals surface area contributed by atoms with Gasteiger partial charge in [0.25, 0.3) is 11.7 Å². The van der Waals surface area contributed by atoms with Gasteiger partial charge in [-0.1, -0.05) is 42.0 Å². The van der Waals surface area contributed by atoms with Gasteiger partial charge < -0.3 is 4.74 Å². The number of nitrogens with zero attached hydrogens (tertiary/aromatic N) is 1. The summed E-state index contributed by atoms with van der Waals surface area (Å²) in [5.74, 6) is -1.83. The summed E-state index contributed by atoms with van der Waals surface area (Å²) in [6, 6.07) is 14.4. The monoisotopic (exact) mass is 309 g/mol. The van der Waals surface area contributed by atoms with Crippen molar-refractivity contribution < 1.29 is 19.1 Å². The van der Waals surface area contributed by atoms with Crippen LogP contribution in [0.2, 0.25) is 0 Å². The van der Waals surface area contributed by atoms with Gasteiger partial charge >= 0.3 is 5.97 Å². The predicted octanol–water partition coefficient (Wildman–Crippen LogP) is 2.27. The van der Waals surface area contributed by atoms with Crippen molar-refractivity contribution >= 4 is 23.3 Å². The topological polar surface area (TPSA) is 63.7 Å². The third-order valence-corrected chi connectivity index (χ3v) is 3.66. The zero-order chi connectivity index (χ0) is 16.4. The molecule has 0 saturated carbocycles. The maximum absolute atomic E-state index is 12.1. The Bertz CT molecular complexity index is 783. The van der Waals surface area contributed by atoms with Gasteiger partial charge in [-0.3, -0.25) is 19.3 Å². The van der Waals surface area contributed by atoms with E-state index in [1.54, 1.807) is 18.2 Å². The Morgan fingerprint density at radius 1 is 1.09 bits per heavy atom. The lowest BCUT2D eigenvalue weighted by atomic mass is 10.1. The number of fused-ring (bicyclic) bond motifs is 1. The van der Waals surface area contributed by atoms with Gasteiger partial charge in [-0.25, -0.2) is 0 Å². The van der Waals surface area contributed by atoms with Gasteiger partial charge in [0, 0.05) is 0 Å². The number of hydrogen-bond acceptors (Lipinski definition) is 4. The molecule has 1 amide bonds. The van der Waals surface area contributed by atoms with Crippen LogP contribution in [0, 0.1) is 6.92 Å². The molecule has 0 radical (unpaired) electrons. The molecule has 0 atom stereocenters. The molecular weight excluding hydrogens is 294 g/mol. The number of rotatable bonds is 4. The Morgan fingerprint density at radius 3 is 2.57 bits per heavy atom. The van der Waals surface area contributed by atoms with Crippen LogP contribution in [-0.2, 0) is 20.9 Å². The number of ketones is 1. The normalized spacial score (nSPS) is 13.2. The number of hydrogen-bond donors (Lipinski definition) is 0. The quantitative estimate of drug-likeness (QED) is 0.642. The van der Waals surface area contributed by atoms with Gasteiger partial charge in [0.15, 0.2) is 0 Å². The molecule has 2 aromatic carbocycles. The highest BCUT2D eigenvalue weighted by Crippen LogP contribution is 2.29. The average molecular weight is 309 g/mol. The van der Waals surface area contributed by atoms with E-state index in [1.165, 1.54) is 4.90 Å². The summed E-state index contributed by atoms with van der Waals surface area (Å²) in [5.41, 5.74) is 2.55. The summed E-state index contributed by atoms with van der Waals surface area (Å²) in [5, 5.41) is 0. The standard InChI is InChI=1S/C18H15NO4/c1-12-7-8-15-14(9-12)17(21)18(22)19(15)10-16(20)23-11-13-5-3-2-4-6-13/h2-9H,10-11H2,1H3. The van der Waals surface area contributed by atoms with Crippen LogP contribution in [0.15, 0.2) is 48.5 Å². The van der Waals surface area contributed by atoms with E-state index in [-0.39, 0.29) is 13.2 Å². The Morgan fingerprint density at radius 2 is 1.83 bits per heavy atom. The van der Waals surface area contributed by atoms with E-state index in [1.807, 2.05) is 37.3 Å². The lowest BCUT2D eigenvalue weighted by Crippen LogP contribution is -2.35. The fraction of sp³-hybridized carbons (Fsp3) is 0.167. The van der Waals surface area contributed by atoms with Crippen LogP contribution in [0.25, 0.3) is 0 Å². The molecule has 3 rings (SSSR count). The van der Waals surface area contributed by atoms with Crippen LogP contribution >= 0.6 is 0 Å². The van der Waals surface area contributed by atoms with Crippen molar-refractivity contribution in [3.63, 3.8) is 0 Å². The highest BCUT2D eigenvalue weighted by Gasteiger charge is 2.37. The van der Waals surface area contributed by atoms with E-state index >= 15 is 0 Å². The minimum atomic E-state index is -0.692. The smallest absolute Gasteiger partial charge is 0.326 e. The molecule has 0 spiro atoms. The van der Waals surface area contributed by atoms with Crippen molar-refractivity contribution in [2.75, 3.05) is 11.4 Å². The molecule has 0 saturated heterocycles. The predicted molar refractivity (Wildman–Crippen MR) is 84.1 cm³/mol. The molecule has 116 valence electrons. The van der Waals surface area contributed by atoms with Crippen LogP contribution in [0.1, 0.15) is 21.5 Å². The Kier molecular flexibility index (Phi) is 3.93. The van der Waals surface area contributed by atoms with Crippen LogP contribution < -0.4 is 4.90 Å². The highest BCUT2D eigenvalue weighted by molar-refractivity contribution is 6.52. The highest BCUT2D eigenvalue weighted by atomic mass is 16.5. The number of aryl methyl sites for hydroxylation is 1. The lowest BCUT2D eigenvalue weighted by molar-refractivity contribution is -0.143. The van der Waals surface area contributed by atoms with Crippen molar-refractivity contribution in [2.45, 2.75) is 13.5 Å². The van der Waals surface area contributed by atoms with Crippen molar-refractivity contribution in [3.8, 4) is 0 Å². The molecule has 0 bridgehead atoms. The zero-order valence-corrected chi connectivity index (χ0v) is 12.6. The SMILES string of the molecule is Cc1ccc2c(c1)C(=O)C(=O)N2CC(=O)OCc1ccccc1. The molecule has 0 N–H and O–H groups in total. The van der Waals surface area contributed by atoms with Crippen LogP contribution in [-0.4, -0.2) is 24.2 Å². The molecule has 0 aromatic heterocycles. The van der Waals surface area contributed by atoms with E-state index in [0.29, 0.717) is 11.3 Å². The second-order valence-corrected chi connectivity index (χ2v) is 5.39. The number of amides is 1. The minimum Gasteiger partial charge on any atom is -0.459 e. The van der Waals surface area contributed by atoms with Crippen LogP contribution in [0.3, 0.4) is 0 Å². The molecule has 1 aliphatic heterocycles. The summed E-state index contributed by atoms with van der Waals surface area (Å²) >= 11 is 0. The van der Waals surface area contributed by atoms with Crippen LogP contribution in [0.4, 0.5) is 5.69 Å². The number of Topliss-reactive ketones (excluding diaryl/α,β-unsaturated/α-hetero) is 1. The Labute approximate surface area is 133 Å². The number of carbonyl (C=O) groups excluding carboxylic acids is 3. The summed E-state index contributed by atoms with van der Waals surface area (Å²) in [6.07, 6.45) is 0. The average Bonchev–Trinajstić information content (AvgIpc) is 2.79. The molecule has 0 unspecified atom stereocenters. The van der Waals surface area contributed by atoms with Crippen molar-refractivity contribution in [1.29, 1.82) is 0 Å². The second-order valence-electron chi connectivity index (χ2n) is 5.39. The first kappa shape index (κ1) is 15.0. The third-order valence-electron chi connectivity index (χ3n) is 3.66. The molecule has 5 heteroatoms. The number of anilines is 1. The zero-order valence-electron chi connectivity index (χ0n) is 12.6. The molecule has 23 heavy (non-hydrogen) atoms. The van der Waals surface area contributed by atoms with E-state index < -0.39 is 17.7 Å². The number of esters is 1. The fourth-order valence-corrected chi connectivity index (χ4v) is 2.48. The van der Waals surface area contributed by atoms with Gasteiger partial charge in [0.05, 0.1) is 11.3 Å². The van der Waals surface area contributed by atoms with E-state index in [4.69, 9.17) is 4.74 Å². The lowest BCUT2D eigenvalue weighted by Gasteiger charge is -2.15. The third kappa shape index (κ3) is 2.99. The molecule has 1 heterocycles. The van der Waals surface area contributed by atoms with Crippen molar-refractivity contribution in [2.24, 2.45) is 0 Å². The largest absolute Gasteiger partial charge is 0.459 e. The minimum absolute atomic E-state index is 0.135. The summed E-state index contributed by atoms with van der Waals surface area (Å²) < 4.78 is 5.17. The summed E-state index contributed by atoms with van der Waals surface area (Å²) in [7, 11) is 0. The summed E-state index contributed by atoms with van der Waals surface area (Å²) in [6.45, 7) is 1.71. The molecule has 1 aliphatic rings. The van der Waals surface area contributed by atoms with E-state index in [9.17, 15) is 14.4 Å². The number of ether oxygens (including phenoxy) is 1. The maximum Gasteiger partial charge on any atom is 0.326 e. The molecular formula is C18H15NO4. The first-order chi connectivity index (χ1) is 11.1. The van der Waals surface area contributed by atoms with Gasteiger partial charge in [0.2, 0.25) is 0 Å². The van der Waals surface area contributed by atoms with Gasteiger partial charge in [0.1, 0.15) is 13.2 Å². The van der Waals surface area contributed by atoms with Gasteiger partial charge in [-0.05, 0) is 24.6 Å². The molecule has 2 aromatic rings. The molecule has 0 aliphatic carbocycles. The van der Waals surface area contributed by atoms with Gasteiger partial charge in [-0.2, -0.15) is 0 Å². The van der Waals surface area contributed by atoms with Crippen LogP contribution in [0.5, 0.6) is 0 Å². The van der Waals surface area contributed by atoms with Crippen molar-refractivity contribution in [3.05, 3.63) is 65.2 Å².